The number of alkyl halides is 1. The number of nitrogens with zero attached hydrogens (tertiary/aromatic N) is 7. The molecule has 0 aliphatic carbocycles. The first-order valence-corrected chi connectivity index (χ1v) is 14.6. The molecule has 2 atom stereocenters. The molecule has 7 rings (SSSR count). The largest absolute Gasteiger partial charge is 0.508 e. The highest BCUT2D eigenvalue weighted by molar-refractivity contribution is 6.03. The molecule has 1 amide bonds. The molecular weight excluding hydrogens is 599 g/mol. The molecule has 2 aliphatic rings. The van der Waals surface area contributed by atoms with E-state index in [1.165, 1.54) is 52.5 Å². The second kappa shape index (κ2) is 11.0. The van der Waals surface area contributed by atoms with E-state index in [-0.39, 0.29) is 68.9 Å². The van der Waals surface area contributed by atoms with Crippen molar-refractivity contribution >= 4 is 27.7 Å². The lowest BCUT2D eigenvalue weighted by molar-refractivity contribution is 0.107. The van der Waals surface area contributed by atoms with Gasteiger partial charge in [0, 0.05) is 55.8 Å². The number of ether oxygens (including phenoxy) is 1. The molecule has 0 bridgehead atoms. The van der Waals surface area contributed by atoms with Gasteiger partial charge in [-0.2, -0.15) is 9.97 Å². The average molecular weight is 628 g/mol. The number of aromatic hydroxyl groups is 1. The van der Waals surface area contributed by atoms with Crippen molar-refractivity contribution in [3.8, 4) is 46.7 Å². The number of hydrogen-bond acceptors (Lipinski definition) is 8. The molecule has 46 heavy (non-hydrogen) atoms. The Bertz CT molecular complexity index is 2090. The van der Waals surface area contributed by atoms with Crippen LogP contribution in [-0.2, 0) is 0 Å². The van der Waals surface area contributed by atoms with E-state index in [0.29, 0.717) is 18.4 Å². The maximum Gasteiger partial charge on any atom is 0.328 e. The van der Waals surface area contributed by atoms with E-state index >= 15 is 4.39 Å². The van der Waals surface area contributed by atoms with Crippen LogP contribution in [0.1, 0.15) is 24.8 Å². The maximum atomic E-state index is 16.7. The van der Waals surface area contributed by atoms with Gasteiger partial charge < -0.3 is 14.7 Å². The molecule has 2 aromatic carbocycles. The highest BCUT2D eigenvalue weighted by Gasteiger charge is 2.49. The van der Waals surface area contributed by atoms with Gasteiger partial charge in [0.1, 0.15) is 53.3 Å². The number of amides is 1. The van der Waals surface area contributed by atoms with Crippen molar-refractivity contribution in [3.63, 3.8) is 0 Å². The first-order chi connectivity index (χ1) is 22.1. The molecular formula is C33H28F3N7O3. The summed E-state index contributed by atoms with van der Waals surface area (Å²) in [6, 6.07) is 4.72. The predicted octanol–water partition coefficient (Wildman–Crippen LogP) is 5.16. The number of rotatable bonds is 5. The molecule has 2 fully saturated rings. The summed E-state index contributed by atoms with van der Waals surface area (Å²) >= 11 is 0. The molecule has 10 nitrogen and oxygen atoms in total. The Morgan fingerprint density at radius 2 is 2.04 bits per heavy atom. The van der Waals surface area contributed by atoms with E-state index in [0.717, 1.165) is 19.4 Å². The second-order valence-corrected chi connectivity index (χ2v) is 11.9. The standard InChI is InChI=1S/C33H28F3N7O3/c1-4-21-24(35)7-6-18-10-20(44)11-22(26(18)21)29-27(36)30-23(13-37-29)28(25-15-42(17-38-25)32(45)41(2)3)39-31(40-30)46-16-33-8-5-9-43(33)14-19(34)12-33/h1,6-7,10-11,13,15,17,19,44H,5,8-9,12,14,16H2,2-3H3/t19-,33+/m1/s1. The minimum absolute atomic E-state index is 0.0609. The summed E-state index contributed by atoms with van der Waals surface area (Å²) in [5.41, 5.74) is -0.622. The maximum absolute atomic E-state index is 16.7. The normalized spacial score (nSPS) is 19.4. The summed E-state index contributed by atoms with van der Waals surface area (Å²) in [6.07, 6.45) is 10.7. The fourth-order valence-electron chi connectivity index (χ4n) is 6.66. The van der Waals surface area contributed by atoms with Crippen LogP contribution in [-0.4, -0.2) is 90.9 Å². The van der Waals surface area contributed by atoms with Crippen molar-refractivity contribution in [2.75, 3.05) is 33.8 Å². The van der Waals surface area contributed by atoms with Crippen LogP contribution in [0.2, 0.25) is 0 Å². The monoisotopic (exact) mass is 627 g/mol. The van der Waals surface area contributed by atoms with Crippen molar-refractivity contribution < 1.29 is 27.8 Å². The Morgan fingerprint density at radius 1 is 1.22 bits per heavy atom. The van der Waals surface area contributed by atoms with Crippen LogP contribution in [0.5, 0.6) is 11.8 Å². The number of imidazole rings is 1. The molecule has 13 heteroatoms. The van der Waals surface area contributed by atoms with Gasteiger partial charge in [0.15, 0.2) is 5.82 Å². The average Bonchev–Trinajstić information content (AvgIpc) is 3.74. The van der Waals surface area contributed by atoms with E-state index in [2.05, 4.69) is 30.8 Å². The third kappa shape index (κ3) is 4.76. The fourth-order valence-corrected chi connectivity index (χ4v) is 6.66. The zero-order valence-corrected chi connectivity index (χ0v) is 25.0. The van der Waals surface area contributed by atoms with Crippen molar-refractivity contribution in [2.45, 2.75) is 31.0 Å². The zero-order chi connectivity index (χ0) is 32.3. The van der Waals surface area contributed by atoms with E-state index in [9.17, 15) is 18.7 Å². The van der Waals surface area contributed by atoms with Gasteiger partial charge in [0.2, 0.25) is 0 Å². The number of hydrogen-bond donors (Lipinski definition) is 1. The molecule has 3 aromatic heterocycles. The molecule has 0 radical (unpaired) electrons. The van der Waals surface area contributed by atoms with Crippen LogP contribution in [0, 0.1) is 24.0 Å². The number of halogens is 3. The second-order valence-electron chi connectivity index (χ2n) is 11.9. The van der Waals surface area contributed by atoms with Crippen LogP contribution < -0.4 is 4.74 Å². The Balaban J connectivity index is 1.41. The van der Waals surface area contributed by atoms with Crippen LogP contribution >= 0.6 is 0 Å². The molecule has 0 spiro atoms. The predicted molar refractivity (Wildman–Crippen MR) is 164 cm³/mol. The molecule has 5 aromatic rings. The summed E-state index contributed by atoms with van der Waals surface area (Å²) in [5.74, 6) is 0.530. The molecule has 5 heterocycles. The van der Waals surface area contributed by atoms with Crippen LogP contribution in [0.15, 0.2) is 43.0 Å². The number of fused-ring (bicyclic) bond motifs is 3. The Hall–Kier alpha value is -5.22. The SMILES string of the molecule is C#Cc1c(F)ccc2cc(O)cc(-c3ncc4c(-c5cn(C(=O)N(C)C)cn5)nc(OC[C@@]56CCCN5C[C@H](F)C6)nc4c3F)c12. The van der Waals surface area contributed by atoms with Crippen LogP contribution in [0.3, 0.4) is 0 Å². The topological polar surface area (TPSA) is 110 Å². The first-order valence-electron chi connectivity index (χ1n) is 14.6. The van der Waals surface area contributed by atoms with E-state index in [1.54, 1.807) is 14.1 Å². The van der Waals surface area contributed by atoms with Gasteiger partial charge in [-0.15, -0.1) is 6.42 Å². The van der Waals surface area contributed by atoms with Gasteiger partial charge in [-0.1, -0.05) is 12.0 Å². The summed E-state index contributed by atoms with van der Waals surface area (Å²) in [4.78, 5) is 33.7. The van der Waals surface area contributed by atoms with Gasteiger partial charge in [0.25, 0.3) is 0 Å². The number of benzene rings is 2. The summed E-state index contributed by atoms with van der Waals surface area (Å²) < 4.78 is 53.3. The lowest BCUT2D eigenvalue weighted by Crippen LogP contribution is -2.43. The molecule has 0 saturated carbocycles. The van der Waals surface area contributed by atoms with Gasteiger partial charge >= 0.3 is 12.0 Å². The number of carbonyl (C=O) groups is 1. The Morgan fingerprint density at radius 3 is 2.83 bits per heavy atom. The number of carbonyl (C=O) groups excluding carboxylic acids is 1. The highest BCUT2D eigenvalue weighted by Crippen LogP contribution is 2.41. The smallest absolute Gasteiger partial charge is 0.328 e. The molecule has 0 unspecified atom stereocenters. The van der Waals surface area contributed by atoms with Crippen LogP contribution in [0.25, 0.3) is 44.3 Å². The minimum Gasteiger partial charge on any atom is -0.508 e. The van der Waals surface area contributed by atoms with Crippen molar-refractivity contribution in [1.82, 2.24) is 34.3 Å². The van der Waals surface area contributed by atoms with Crippen molar-refractivity contribution in [1.29, 1.82) is 0 Å². The van der Waals surface area contributed by atoms with Crippen molar-refractivity contribution in [2.24, 2.45) is 0 Å². The number of phenols is 1. The third-order valence-electron chi connectivity index (χ3n) is 8.77. The minimum atomic E-state index is -0.976. The number of phenolic OH excluding ortho intramolecular Hbond substituents is 1. The lowest BCUT2D eigenvalue weighted by Gasteiger charge is -2.30. The van der Waals surface area contributed by atoms with Gasteiger partial charge in [-0.25, -0.2) is 22.9 Å². The summed E-state index contributed by atoms with van der Waals surface area (Å²) in [6.45, 7) is 1.17. The number of aromatic nitrogens is 5. The van der Waals surface area contributed by atoms with E-state index in [1.807, 2.05) is 0 Å². The Labute approximate surface area is 261 Å². The molecule has 2 saturated heterocycles. The van der Waals surface area contributed by atoms with Crippen molar-refractivity contribution in [3.05, 3.63) is 60.2 Å². The first kappa shape index (κ1) is 29.5. The number of terminal acetylenes is 1. The van der Waals surface area contributed by atoms with E-state index in [4.69, 9.17) is 11.2 Å². The molecule has 234 valence electrons. The molecule has 2 aliphatic heterocycles. The summed E-state index contributed by atoms with van der Waals surface area (Å²) in [7, 11) is 3.18. The van der Waals surface area contributed by atoms with E-state index < -0.39 is 23.3 Å². The number of pyridine rings is 1. The Kier molecular flexibility index (Phi) is 7.05. The third-order valence-corrected chi connectivity index (χ3v) is 8.77. The quantitative estimate of drug-likeness (QED) is 0.266. The van der Waals surface area contributed by atoms with Gasteiger partial charge in [0.05, 0.1) is 11.1 Å². The van der Waals surface area contributed by atoms with Gasteiger partial charge in [-0.05, 0) is 43.0 Å². The zero-order valence-electron chi connectivity index (χ0n) is 25.0. The fraction of sp³-hybridized carbons (Fsp3) is 0.303. The summed E-state index contributed by atoms with van der Waals surface area (Å²) in [5, 5.41) is 11.2. The lowest BCUT2D eigenvalue weighted by atomic mass is 9.95. The van der Waals surface area contributed by atoms with Gasteiger partial charge in [-0.3, -0.25) is 14.5 Å². The molecule has 1 N–H and O–H groups in total. The van der Waals surface area contributed by atoms with Crippen LogP contribution in [0.4, 0.5) is 18.0 Å². The highest BCUT2D eigenvalue weighted by atomic mass is 19.1.